The summed E-state index contributed by atoms with van der Waals surface area (Å²) in [6.07, 6.45) is 0.758. The van der Waals surface area contributed by atoms with Gasteiger partial charge in [-0.25, -0.2) is 0 Å². The van der Waals surface area contributed by atoms with Crippen LogP contribution in [0.25, 0.3) is 10.9 Å². The Morgan fingerprint density at radius 1 is 1.00 bits per heavy atom. The third-order valence-electron chi connectivity index (χ3n) is 4.35. The first-order valence-electron chi connectivity index (χ1n) is 8.45. The van der Waals surface area contributed by atoms with E-state index in [1.807, 2.05) is 23.6 Å². The number of ether oxygens (including phenoxy) is 1. The Labute approximate surface area is 152 Å². The van der Waals surface area contributed by atoms with Gasteiger partial charge in [-0.05, 0) is 68.7 Å². The molecule has 3 nitrogen and oxygen atoms in total. The van der Waals surface area contributed by atoms with Gasteiger partial charge in [0.15, 0.2) is 0 Å². The lowest BCUT2D eigenvalue weighted by molar-refractivity contribution is 0.302. The van der Waals surface area contributed by atoms with Crippen molar-refractivity contribution < 1.29 is 4.74 Å². The lowest BCUT2D eigenvalue weighted by Gasteiger charge is -2.15. The number of aromatic nitrogens is 1. The highest BCUT2D eigenvalue weighted by Crippen LogP contribution is 2.22. The minimum Gasteiger partial charge on any atom is -0.494 e. The van der Waals surface area contributed by atoms with Crippen LogP contribution >= 0.6 is 11.6 Å². The number of rotatable bonds is 5. The number of hydrogen-bond acceptors (Lipinski definition) is 2. The predicted molar refractivity (Wildman–Crippen MR) is 104 cm³/mol. The van der Waals surface area contributed by atoms with Crippen LogP contribution in [0.1, 0.15) is 23.1 Å². The van der Waals surface area contributed by atoms with Gasteiger partial charge in [-0.2, -0.15) is 0 Å². The third kappa shape index (κ3) is 3.88. The summed E-state index contributed by atoms with van der Waals surface area (Å²) in [5, 5.41) is 1.84. The van der Waals surface area contributed by atoms with Gasteiger partial charge >= 0.3 is 0 Å². The second kappa shape index (κ2) is 7.32. The normalized spacial score (nSPS) is 11.0. The number of nitrogens with zero attached hydrogens (tertiary/aromatic N) is 1. The molecule has 0 atom stereocenters. The Bertz CT molecular complexity index is 958. The summed E-state index contributed by atoms with van der Waals surface area (Å²) in [5.74, 6) is 0.789. The number of benzene rings is 2. The molecule has 0 saturated carbocycles. The standard InChI is InChI=1S/C21H22ClNO2/c1-14-11-16(3)21-19(12-14)15(2)13-20(24)23(21)9-4-10-25-18-7-5-17(22)6-8-18/h5-8,11-13H,4,9-10H2,1-3H3. The Kier molecular flexibility index (Phi) is 5.14. The fourth-order valence-corrected chi connectivity index (χ4v) is 3.36. The number of aryl methyl sites for hydroxylation is 4. The minimum absolute atomic E-state index is 0.0449. The second-order valence-corrected chi connectivity index (χ2v) is 6.89. The molecule has 1 heterocycles. The van der Waals surface area contributed by atoms with E-state index in [0.29, 0.717) is 18.2 Å². The summed E-state index contributed by atoms with van der Waals surface area (Å²) in [7, 11) is 0. The third-order valence-corrected chi connectivity index (χ3v) is 4.61. The molecule has 130 valence electrons. The summed E-state index contributed by atoms with van der Waals surface area (Å²) >= 11 is 5.87. The van der Waals surface area contributed by atoms with Crippen LogP contribution in [-0.2, 0) is 6.54 Å². The van der Waals surface area contributed by atoms with Crippen molar-refractivity contribution in [1.29, 1.82) is 0 Å². The van der Waals surface area contributed by atoms with Crippen LogP contribution in [-0.4, -0.2) is 11.2 Å². The van der Waals surface area contributed by atoms with Gasteiger partial charge in [0.2, 0.25) is 0 Å². The van der Waals surface area contributed by atoms with Gasteiger partial charge in [0.1, 0.15) is 5.75 Å². The monoisotopic (exact) mass is 355 g/mol. The highest BCUT2D eigenvalue weighted by Gasteiger charge is 2.09. The van der Waals surface area contributed by atoms with Crippen molar-refractivity contribution in [2.75, 3.05) is 6.61 Å². The molecule has 1 aromatic heterocycles. The molecule has 0 unspecified atom stereocenters. The van der Waals surface area contributed by atoms with Crippen molar-refractivity contribution in [1.82, 2.24) is 4.57 Å². The molecule has 0 spiro atoms. The van der Waals surface area contributed by atoms with Crippen LogP contribution in [0.15, 0.2) is 47.3 Å². The molecule has 0 saturated heterocycles. The average molecular weight is 356 g/mol. The predicted octanol–water partition coefficient (Wildman–Crippen LogP) is 5.05. The van der Waals surface area contributed by atoms with Crippen LogP contribution in [0.5, 0.6) is 5.75 Å². The van der Waals surface area contributed by atoms with Crippen molar-refractivity contribution in [2.45, 2.75) is 33.7 Å². The number of halogens is 1. The van der Waals surface area contributed by atoms with Gasteiger partial charge in [-0.1, -0.05) is 23.2 Å². The molecule has 0 N–H and O–H groups in total. The van der Waals surface area contributed by atoms with Crippen molar-refractivity contribution in [2.24, 2.45) is 0 Å². The van der Waals surface area contributed by atoms with E-state index in [4.69, 9.17) is 16.3 Å². The maximum Gasteiger partial charge on any atom is 0.251 e. The number of hydrogen-bond donors (Lipinski definition) is 0. The summed E-state index contributed by atoms with van der Waals surface area (Å²) in [4.78, 5) is 12.5. The number of pyridine rings is 1. The van der Waals surface area contributed by atoms with Crippen LogP contribution in [0.4, 0.5) is 0 Å². The molecule has 0 fully saturated rings. The van der Waals surface area contributed by atoms with E-state index >= 15 is 0 Å². The van der Waals surface area contributed by atoms with E-state index in [9.17, 15) is 4.79 Å². The fourth-order valence-electron chi connectivity index (χ4n) is 3.24. The van der Waals surface area contributed by atoms with Gasteiger partial charge in [0.25, 0.3) is 5.56 Å². The summed E-state index contributed by atoms with van der Waals surface area (Å²) in [5.41, 5.74) is 4.45. The van der Waals surface area contributed by atoms with Gasteiger partial charge < -0.3 is 9.30 Å². The molecule has 0 radical (unpaired) electrons. The van der Waals surface area contributed by atoms with Gasteiger partial charge in [0.05, 0.1) is 12.1 Å². The van der Waals surface area contributed by atoms with Crippen molar-refractivity contribution >= 4 is 22.5 Å². The van der Waals surface area contributed by atoms with E-state index in [0.717, 1.165) is 34.2 Å². The van der Waals surface area contributed by atoms with Crippen molar-refractivity contribution in [3.63, 3.8) is 0 Å². The van der Waals surface area contributed by atoms with Gasteiger partial charge in [0, 0.05) is 23.0 Å². The molecule has 0 bridgehead atoms. The molecule has 4 heteroatoms. The first-order chi connectivity index (χ1) is 12.0. The Hall–Kier alpha value is -2.26. The molecule has 0 amide bonds. The van der Waals surface area contributed by atoms with E-state index in [-0.39, 0.29) is 5.56 Å². The molecule has 0 aliphatic carbocycles. The lowest BCUT2D eigenvalue weighted by atomic mass is 10.0. The molecule has 25 heavy (non-hydrogen) atoms. The van der Waals surface area contributed by atoms with E-state index < -0.39 is 0 Å². The summed E-state index contributed by atoms with van der Waals surface area (Å²) < 4.78 is 7.60. The highest BCUT2D eigenvalue weighted by atomic mass is 35.5. The van der Waals surface area contributed by atoms with E-state index in [1.165, 1.54) is 5.56 Å². The first kappa shape index (κ1) is 17.6. The minimum atomic E-state index is 0.0449. The lowest BCUT2D eigenvalue weighted by Crippen LogP contribution is -2.22. The SMILES string of the molecule is Cc1cc(C)c2c(c1)c(C)cc(=O)n2CCCOc1ccc(Cl)cc1. The zero-order valence-corrected chi connectivity index (χ0v) is 15.6. The smallest absolute Gasteiger partial charge is 0.251 e. The first-order valence-corrected chi connectivity index (χ1v) is 8.83. The quantitative estimate of drug-likeness (QED) is 0.600. The topological polar surface area (TPSA) is 31.2 Å². The second-order valence-electron chi connectivity index (χ2n) is 6.45. The number of fused-ring (bicyclic) bond motifs is 1. The average Bonchev–Trinajstić information content (AvgIpc) is 2.56. The molecular weight excluding hydrogens is 334 g/mol. The molecule has 0 aliphatic rings. The van der Waals surface area contributed by atoms with Crippen LogP contribution in [0.2, 0.25) is 5.02 Å². The Morgan fingerprint density at radius 3 is 2.44 bits per heavy atom. The zero-order valence-electron chi connectivity index (χ0n) is 14.8. The highest BCUT2D eigenvalue weighted by molar-refractivity contribution is 6.30. The maximum absolute atomic E-state index is 12.5. The Morgan fingerprint density at radius 2 is 1.72 bits per heavy atom. The molecule has 2 aromatic carbocycles. The largest absolute Gasteiger partial charge is 0.494 e. The van der Waals surface area contributed by atoms with Crippen molar-refractivity contribution in [3.8, 4) is 5.75 Å². The maximum atomic E-state index is 12.5. The molecular formula is C21H22ClNO2. The summed E-state index contributed by atoms with van der Waals surface area (Å²) in [6.45, 7) is 7.33. The Balaban J connectivity index is 1.79. The molecule has 3 aromatic rings. The van der Waals surface area contributed by atoms with Crippen LogP contribution in [0, 0.1) is 20.8 Å². The van der Waals surface area contributed by atoms with E-state index in [1.54, 1.807) is 18.2 Å². The zero-order chi connectivity index (χ0) is 18.0. The van der Waals surface area contributed by atoms with Gasteiger partial charge in [-0.15, -0.1) is 0 Å². The van der Waals surface area contributed by atoms with Crippen molar-refractivity contribution in [3.05, 3.63) is 74.5 Å². The fraction of sp³-hybridized carbons (Fsp3) is 0.286. The molecule has 0 aliphatic heterocycles. The van der Waals surface area contributed by atoms with Crippen LogP contribution in [0.3, 0.4) is 0 Å². The van der Waals surface area contributed by atoms with Gasteiger partial charge in [-0.3, -0.25) is 4.79 Å². The van der Waals surface area contributed by atoms with Crippen LogP contribution < -0.4 is 10.3 Å². The molecule has 3 rings (SSSR count). The summed E-state index contributed by atoms with van der Waals surface area (Å²) in [6, 6.07) is 13.3. The van der Waals surface area contributed by atoms with E-state index in [2.05, 4.69) is 26.0 Å².